The van der Waals surface area contributed by atoms with Crippen LogP contribution in [0.3, 0.4) is 0 Å². The molecule has 0 radical (unpaired) electrons. The summed E-state index contributed by atoms with van der Waals surface area (Å²) < 4.78 is 5.56. The molecule has 3 heteroatoms. The van der Waals surface area contributed by atoms with Gasteiger partial charge in [0, 0.05) is 19.7 Å². The fourth-order valence-corrected chi connectivity index (χ4v) is 3.04. The third-order valence-corrected chi connectivity index (χ3v) is 4.00. The standard InChI is InChI=1S/C14H28N2O/c1-2-6-15-9-13-5-7-16(10-13)11-14-4-3-8-17-12-14/h13-15H,2-12H2,1H3. The maximum atomic E-state index is 5.56. The lowest BCUT2D eigenvalue weighted by Crippen LogP contribution is -2.33. The first-order valence-electron chi connectivity index (χ1n) is 7.39. The van der Waals surface area contributed by atoms with E-state index in [1.54, 1.807) is 0 Å². The van der Waals surface area contributed by atoms with Crippen molar-refractivity contribution in [2.45, 2.75) is 32.6 Å². The van der Waals surface area contributed by atoms with E-state index in [2.05, 4.69) is 17.1 Å². The van der Waals surface area contributed by atoms with Crippen LogP contribution in [0, 0.1) is 11.8 Å². The Bertz CT molecular complexity index is 204. The smallest absolute Gasteiger partial charge is 0.0506 e. The van der Waals surface area contributed by atoms with Crippen molar-refractivity contribution in [3.05, 3.63) is 0 Å². The van der Waals surface area contributed by atoms with Crippen LogP contribution in [0.25, 0.3) is 0 Å². The van der Waals surface area contributed by atoms with Gasteiger partial charge in [0.05, 0.1) is 6.61 Å². The summed E-state index contributed by atoms with van der Waals surface area (Å²) in [5, 5.41) is 3.55. The molecule has 0 spiro atoms. The van der Waals surface area contributed by atoms with Gasteiger partial charge in [0.2, 0.25) is 0 Å². The van der Waals surface area contributed by atoms with Crippen molar-refractivity contribution in [3.8, 4) is 0 Å². The SMILES string of the molecule is CCCNCC1CCN(CC2CCCOC2)C1. The number of hydrogen-bond donors (Lipinski definition) is 1. The summed E-state index contributed by atoms with van der Waals surface area (Å²) in [6.07, 6.45) is 5.26. The highest BCUT2D eigenvalue weighted by atomic mass is 16.5. The average Bonchev–Trinajstić information content (AvgIpc) is 2.79. The van der Waals surface area contributed by atoms with Gasteiger partial charge in [-0.3, -0.25) is 0 Å². The first-order valence-corrected chi connectivity index (χ1v) is 7.39. The summed E-state index contributed by atoms with van der Waals surface area (Å²) in [4.78, 5) is 2.65. The Morgan fingerprint density at radius 1 is 1.29 bits per heavy atom. The molecule has 2 atom stereocenters. The molecule has 0 bridgehead atoms. The molecule has 2 saturated heterocycles. The van der Waals surface area contributed by atoms with Gasteiger partial charge in [-0.2, -0.15) is 0 Å². The molecule has 3 nitrogen and oxygen atoms in total. The van der Waals surface area contributed by atoms with E-state index in [1.807, 2.05) is 0 Å². The zero-order valence-corrected chi connectivity index (χ0v) is 11.3. The summed E-state index contributed by atoms with van der Waals surface area (Å²) in [7, 11) is 0. The first kappa shape index (κ1) is 13.3. The van der Waals surface area contributed by atoms with Crippen molar-refractivity contribution < 1.29 is 4.74 Å². The first-order chi connectivity index (χ1) is 8.38. The molecule has 1 N–H and O–H groups in total. The van der Waals surface area contributed by atoms with E-state index in [-0.39, 0.29) is 0 Å². The summed E-state index contributed by atoms with van der Waals surface area (Å²) in [6, 6.07) is 0. The molecule has 2 rings (SSSR count). The molecule has 0 aromatic rings. The third kappa shape index (κ3) is 4.57. The number of nitrogens with one attached hydrogen (secondary N) is 1. The van der Waals surface area contributed by atoms with Gasteiger partial charge >= 0.3 is 0 Å². The summed E-state index contributed by atoms with van der Waals surface area (Å²) in [6.45, 7) is 10.5. The van der Waals surface area contributed by atoms with Crippen molar-refractivity contribution in [2.24, 2.45) is 11.8 Å². The lowest BCUT2D eigenvalue weighted by Gasteiger charge is -2.27. The van der Waals surface area contributed by atoms with E-state index in [4.69, 9.17) is 4.74 Å². The predicted molar refractivity (Wildman–Crippen MR) is 71.3 cm³/mol. The molecule has 2 unspecified atom stereocenters. The van der Waals surface area contributed by atoms with Gasteiger partial charge < -0.3 is 15.0 Å². The molecule has 2 heterocycles. The molecular formula is C14H28N2O. The van der Waals surface area contributed by atoms with Crippen molar-refractivity contribution in [2.75, 3.05) is 45.9 Å². The maximum Gasteiger partial charge on any atom is 0.0506 e. The van der Waals surface area contributed by atoms with Gasteiger partial charge in [0.15, 0.2) is 0 Å². The van der Waals surface area contributed by atoms with Crippen LogP contribution in [0.5, 0.6) is 0 Å². The van der Waals surface area contributed by atoms with Crippen LogP contribution in [0.1, 0.15) is 32.6 Å². The molecule has 0 aliphatic carbocycles. The zero-order chi connectivity index (χ0) is 11.9. The second-order valence-corrected chi connectivity index (χ2v) is 5.70. The Labute approximate surface area is 106 Å². The minimum atomic E-state index is 0.797. The molecule has 17 heavy (non-hydrogen) atoms. The lowest BCUT2D eigenvalue weighted by atomic mass is 10.0. The molecule has 0 aromatic heterocycles. The number of hydrogen-bond acceptors (Lipinski definition) is 3. The third-order valence-electron chi connectivity index (χ3n) is 4.00. The van der Waals surface area contributed by atoms with Crippen molar-refractivity contribution in [3.63, 3.8) is 0 Å². The largest absolute Gasteiger partial charge is 0.381 e. The molecule has 0 aromatic carbocycles. The molecule has 2 aliphatic rings. The monoisotopic (exact) mass is 240 g/mol. The van der Waals surface area contributed by atoms with Crippen LogP contribution in [0.4, 0.5) is 0 Å². The molecule has 100 valence electrons. The number of nitrogens with zero attached hydrogens (tertiary/aromatic N) is 1. The normalized spacial score (nSPS) is 30.9. The zero-order valence-electron chi connectivity index (χ0n) is 11.3. The van der Waals surface area contributed by atoms with Crippen LogP contribution < -0.4 is 5.32 Å². The van der Waals surface area contributed by atoms with Crippen LogP contribution in [0.15, 0.2) is 0 Å². The number of ether oxygens (including phenoxy) is 1. The number of likely N-dealkylation sites (tertiary alicyclic amines) is 1. The van der Waals surface area contributed by atoms with Gasteiger partial charge in [0.25, 0.3) is 0 Å². The fourth-order valence-electron chi connectivity index (χ4n) is 3.04. The van der Waals surface area contributed by atoms with Gasteiger partial charge in [-0.15, -0.1) is 0 Å². The summed E-state index contributed by atoms with van der Waals surface area (Å²) in [5.74, 6) is 1.68. The van der Waals surface area contributed by atoms with Gasteiger partial charge in [-0.1, -0.05) is 6.92 Å². The highest BCUT2D eigenvalue weighted by Gasteiger charge is 2.25. The Morgan fingerprint density at radius 3 is 3.00 bits per heavy atom. The topological polar surface area (TPSA) is 24.5 Å². The van der Waals surface area contributed by atoms with Gasteiger partial charge in [0.1, 0.15) is 0 Å². The van der Waals surface area contributed by atoms with Crippen LogP contribution in [-0.2, 0) is 4.74 Å². The minimum Gasteiger partial charge on any atom is -0.381 e. The van der Waals surface area contributed by atoms with E-state index in [9.17, 15) is 0 Å². The van der Waals surface area contributed by atoms with Crippen LogP contribution >= 0.6 is 0 Å². The average molecular weight is 240 g/mol. The Hall–Kier alpha value is -0.120. The van der Waals surface area contributed by atoms with Crippen molar-refractivity contribution >= 4 is 0 Å². The quantitative estimate of drug-likeness (QED) is 0.716. The lowest BCUT2D eigenvalue weighted by molar-refractivity contribution is 0.0413. The fraction of sp³-hybridized carbons (Fsp3) is 1.00. The molecule has 0 saturated carbocycles. The summed E-state index contributed by atoms with van der Waals surface area (Å²) in [5.41, 5.74) is 0. The highest BCUT2D eigenvalue weighted by molar-refractivity contribution is 4.79. The minimum absolute atomic E-state index is 0.797. The summed E-state index contributed by atoms with van der Waals surface area (Å²) >= 11 is 0. The second kappa shape index (κ2) is 7.34. The van der Waals surface area contributed by atoms with E-state index in [1.165, 1.54) is 58.4 Å². The second-order valence-electron chi connectivity index (χ2n) is 5.70. The Balaban J connectivity index is 1.60. The predicted octanol–water partition coefficient (Wildman–Crippen LogP) is 1.73. The van der Waals surface area contributed by atoms with E-state index in [0.29, 0.717) is 0 Å². The van der Waals surface area contributed by atoms with Crippen molar-refractivity contribution in [1.29, 1.82) is 0 Å². The molecule has 2 fully saturated rings. The van der Waals surface area contributed by atoms with Crippen LogP contribution in [-0.4, -0.2) is 50.8 Å². The van der Waals surface area contributed by atoms with E-state index < -0.39 is 0 Å². The van der Waals surface area contributed by atoms with Gasteiger partial charge in [-0.25, -0.2) is 0 Å². The Morgan fingerprint density at radius 2 is 2.24 bits per heavy atom. The molecule has 2 aliphatic heterocycles. The highest BCUT2D eigenvalue weighted by Crippen LogP contribution is 2.20. The van der Waals surface area contributed by atoms with Crippen LogP contribution in [0.2, 0.25) is 0 Å². The number of rotatable bonds is 6. The van der Waals surface area contributed by atoms with E-state index >= 15 is 0 Å². The maximum absolute atomic E-state index is 5.56. The van der Waals surface area contributed by atoms with Crippen molar-refractivity contribution in [1.82, 2.24) is 10.2 Å². The molecule has 0 amide bonds. The van der Waals surface area contributed by atoms with Gasteiger partial charge in [-0.05, 0) is 57.2 Å². The van der Waals surface area contributed by atoms with E-state index in [0.717, 1.165) is 25.0 Å². The molecular weight excluding hydrogens is 212 g/mol. The Kier molecular flexibility index (Phi) is 5.75.